The van der Waals surface area contributed by atoms with Gasteiger partial charge in [-0.05, 0) is 30.5 Å². The molecule has 2 amide bonds. The molecule has 0 radical (unpaired) electrons. The minimum Gasteiger partial charge on any atom is -0.480 e. The topological polar surface area (TPSA) is 142 Å². The number of nitrogens with zero attached hydrogens (tertiary/aromatic N) is 5. The van der Waals surface area contributed by atoms with Gasteiger partial charge in [-0.2, -0.15) is 0 Å². The van der Waals surface area contributed by atoms with Crippen LogP contribution in [0.1, 0.15) is 40.7 Å². The largest absolute Gasteiger partial charge is 0.480 e. The molecule has 2 saturated heterocycles. The summed E-state index contributed by atoms with van der Waals surface area (Å²) in [4.78, 5) is 63.2. The zero-order valence-corrected chi connectivity index (χ0v) is 20.8. The normalized spacial score (nSPS) is 25.2. The fourth-order valence-electron chi connectivity index (χ4n) is 5.95. The van der Waals surface area contributed by atoms with Gasteiger partial charge in [-0.3, -0.25) is 14.7 Å². The van der Waals surface area contributed by atoms with Crippen molar-refractivity contribution >= 4 is 29.8 Å². The lowest BCUT2D eigenvalue weighted by molar-refractivity contribution is -0.142. The zero-order chi connectivity index (χ0) is 26.7. The summed E-state index contributed by atoms with van der Waals surface area (Å²) in [6.07, 6.45) is 6.11. The molecule has 1 aliphatic carbocycles. The molecule has 6 rings (SSSR count). The molecule has 2 atom stereocenters. The van der Waals surface area contributed by atoms with Gasteiger partial charge in [0.25, 0.3) is 0 Å². The summed E-state index contributed by atoms with van der Waals surface area (Å²) < 4.78 is 10.5. The van der Waals surface area contributed by atoms with Crippen molar-refractivity contribution < 1.29 is 33.8 Å². The van der Waals surface area contributed by atoms with E-state index in [2.05, 4.69) is 9.97 Å². The summed E-state index contributed by atoms with van der Waals surface area (Å²) >= 11 is 0. The Balaban J connectivity index is 1.16. The first-order valence-corrected chi connectivity index (χ1v) is 12.5. The smallest absolute Gasteiger partial charge is 0.410 e. The van der Waals surface area contributed by atoms with Gasteiger partial charge < -0.3 is 24.4 Å². The molecule has 4 aliphatic rings. The molecule has 2 aromatic heterocycles. The molecule has 38 heavy (non-hydrogen) atoms. The van der Waals surface area contributed by atoms with Gasteiger partial charge in [0.05, 0.1) is 31.2 Å². The van der Waals surface area contributed by atoms with E-state index in [1.165, 1.54) is 18.2 Å². The third kappa shape index (κ3) is 3.65. The second-order valence-corrected chi connectivity index (χ2v) is 10.2. The molecule has 0 bridgehead atoms. The molecule has 3 fully saturated rings. The van der Waals surface area contributed by atoms with Crippen LogP contribution in [0.2, 0.25) is 0 Å². The standard InChI is InChI=1S/C26H27N5O7/c1-37-24(36)31-11-10-29(14-19(31)21(32)33)20-3-2-16(12-28-20)25(5-6-25)23(35)30-9-7-26(15-30)18-4-8-27-13-17(18)22(34)38-26/h2-4,8,12-13,19H,5-7,9-11,14-15H2,1H3,(H,32,33). The number of anilines is 1. The van der Waals surface area contributed by atoms with Crippen LogP contribution < -0.4 is 4.90 Å². The average Bonchev–Trinajstić information content (AvgIpc) is 3.58. The van der Waals surface area contributed by atoms with Crippen molar-refractivity contribution in [1.82, 2.24) is 19.8 Å². The van der Waals surface area contributed by atoms with Crippen LogP contribution in [-0.4, -0.2) is 94.7 Å². The van der Waals surface area contributed by atoms with Crippen LogP contribution >= 0.6 is 0 Å². The Kier molecular flexibility index (Phi) is 5.51. The number of amides is 2. The number of aromatic nitrogens is 2. The van der Waals surface area contributed by atoms with Gasteiger partial charge in [0.15, 0.2) is 5.60 Å². The number of pyridine rings is 2. The van der Waals surface area contributed by atoms with E-state index in [-0.39, 0.29) is 19.0 Å². The van der Waals surface area contributed by atoms with Gasteiger partial charge in [-0.15, -0.1) is 0 Å². The Morgan fingerprint density at radius 2 is 1.92 bits per heavy atom. The molecule has 1 spiro atoms. The monoisotopic (exact) mass is 521 g/mol. The first kappa shape index (κ1) is 24.1. The highest BCUT2D eigenvalue weighted by Crippen LogP contribution is 2.52. The lowest BCUT2D eigenvalue weighted by Crippen LogP contribution is -2.58. The van der Waals surface area contributed by atoms with Crippen LogP contribution in [-0.2, 0) is 30.1 Å². The van der Waals surface area contributed by atoms with Crippen LogP contribution in [0.15, 0.2) is 36.8 Å². The highest BCUT2D eigenvalue weighted by atomic mass is 16.6. The first-order valence-electron chi connectivity index (χ1n) is 12.5. The molecule has 2 unspecified atom stereocenters. The molecule has 198 valence electrons. The van der Waals surface area contributed by atoms with Gasteiger partial charge in [-0.25, -0.2) is 19.4 Å². The molecule has 5 heterocycles. The number of hydrogen-bond acceptors (Lipinski definition) is 9. The molecule has 12 heteroatoms. The van der Waals surface area contributed by atoms with Crippen LogP contribution in [0.3, 0.4) is 0 Å². The maximum Gasteiger partial charge on any atom is 0.410 e. The Hall–Kier alpha value is -4.22. The summed E-state index contributed by atoms with van der Waals surface area (Å²) in [6, 6.07) is 4.41. The van der Waals surface area contributed by atoms with Gasteiger partial charge >= 0.3 is 18.0 Å². The number of rotatable bonds is 4. The molecule has 1 saturated carbocycles. The summed E-state index contributed by atoms with van der Waals surface area (Å²) in [7, 11) is 1.22. The number of fused-ring (bicyclic) bond motifs is 2. The van der Waals surface area contributed by atoms with E-state index in [0.29, 0.717) is 50.3 Å². The molecule has 2 aromatic rings. The van der Waals surface area contributed by atoms with E-state index in [1.54, 1.807) is 29.4 Å². The molecular formula is C26H27N5O7. The lowest BCUT2D eigenvalue weighted by Gasteiger charge is -2.39. The summed E-state index contributed by atoms with van der Waals surface area (Å²) in [6.45, 7) is 1.47. The van der Waals surface area contributed by atoms with Gasteiger partial charge in [-0.1, -0.05) is 6.07 Å². The highest BCUT2D eigenvalue weighted by Gasteiger charge is 2.58. The number of likely N-dealkylation sites (tertiary alicyclic amines) is 1. The van der Waals surface area contributed by atoms with Crippen LogP contribution in [0.4, 0.5) is 10.6 Å². The maximum absolute atomic E-state index is 13.7. The van der Waals surface area contributed by atoms with E-state index < -0.39 is 35.1 Å². The molecule has 12 nitrogen and oxygen atoms in total. The Morgan fingerprint density at radius 3 is 2.61 bits per heavy atom. The number of carbonyl (C=O) groups is 4. The Labute approximate surface area is 218 Å². The fourth-order valence-corrected chi connectivity index (χ4v) is 5.95. The van der Waals surface area contributed by atoms with Crippen molar-refractivity contribution in [2.45, 2.75) is 36.3 Å². The zero-order valence-electron chi connectivity index (χ0n) is 20.8. The van der Waals surface area contributed by atoms with E-state index in [4.69, 9.17) is 9.47 Å². The summed E-state index contributed by atoms with van der Waals surface area (Å²) in [5.74, 6) is -0.938. The van der Waals surface area contributed by atoms with Crippen molar-refractivity contribution in [1.29, 1.82) is 0 Å². The van der Waals surface area contributed by atoms with E-state index in [0.717, 1.165) is 11.1 Å². The van der Waals surface area contributed by atoms with E-state index >= 15 is 0 Å². The predicted molar refractivity (Wildman–Crippen MR) is 130 cm³/mol. The number of methoxy groups -OCH3 is 1. The van der Waals surface area contributed by atoms with Gasteiger partial charge in [0.2, 0.25) is 5.91 Å². The number of esters is 1. The number of piperazine rings is 1. The fraction of sp³-hybridized carbons (Fsp3) is 0.462. The number of aliphatic carboxylic acids is 1. The second-order valence-electron chi connectivity index (χ2n) is 10.2. The third-order valence-corrected chi connectivity index (χ3v) is 8.20. The summed E-state index contributed by atoms with van der Waals surface area (Å²) in [5, 5.41) is 9.62. The molecular weight excluding hydrogens is 494 g/mol. The predicted octanol–water partition coefficient (Wildman–Crippen LogP) is 1.15. The van der Waals surface area contributed by atoms with E-state index in [9.17, 15) is 24.3 Å². The molecule has 0 aromatic carbocycles. The number of ether oxygens (including phenoxy) is 2. The quantitative estimate of drug-likeness (QED) is 0.582. The number of hydrogen-bond donors (Lipinski definition) is 1. The lowest BCUT2D eigenvalue weighted by atomic mass is 9.92. The van der Waals surface area contributed by atoms with Gasteiger partial charge in [0, 0.05) is 50.2 Å². The van der Waals surface area contributed by atoms with Gasteiger partial charge in [0.1, 0.15) is 11.9 Å². The molecule has 3 aliphatic heterocycles. The number of carboxylic acids is 1. The second kappa shape index (κ2) is 8.67. The number of carbonyl (C=O) groups excluding carboxylic acids is 3. The average molecular weight is 522 g/mol. The van der Waals surface area contributed by atoms with Crippen LogP contribution in [0.25, 0.3) is 0 Å². The third-order valence-electron chi connectivity index (χ3n) is 8.20. The van der Waals surface area contributed by atoms with Crippen LogP contribution in [0.5, 0.6) is 0 Å². The van der Waals surface area contributed by atoms with Crippen molar-refractivity contribution in [2.75, 3.05) is 44.7 Å². The van der Waals surface area contributed by atoms with Crippen molar-refractivity contribution in [3.05, 3.63) is 53.5 Å². The van der Waals surface area contributed by atoms with Crippen molar-refractivity contribution in [3.63, 3.8) is 0 Å². The van der Waals surface area contributed by atoms with E-state index in [1.807, 2.05) is 11.0 Å². The maximum atomic E-state index is 13.7. The Morgan fingerprint density at radius 1 is 1.11 bits per heavy atom. The minimum atomic E-state index is -1.12. The number of carboxylic acid groups (broad SMARTS) is 1. The van der Waals surface area contributed by atoms with Crippen LogP contribution in [0, 0.1) is 0 Å². The Bertz CT molecular complexity index is 1330. The highest BCUT2D eigenvalue weighted by molar-refractivity contribution is 5.95. The van der Waals surface area contributed by atoms with Crippen molar-refractivity contribution in [3.8, 4) is 0 Å². The molecule has 1 N–H and O–H groups in total. The SMILES string of the molecule is COC(=O)N1CCN(c2ccc(C3(C(=O)N4CCC5(C4)OC(=O)c4cnccc45)CC3)cn2)CC1C(=O)O. The minimum absolute atomic E-state index is 0.000105. The summed E-state index contributed by atoms with van der Waals surface area (Å²) in [5.41, 5.74) is 0.573. The first-order chi connectivity index (χ1) is 18.3. The van der Waals surface area contributed by atoms with Crippen molar-refractivity contribution in [2.24, 2.45) is 0 Å².